The highest BCUT2D eigenvalue weighted by Gasteiger charge is 2.47. The van der Waals surface area contributed by atoms with Gasteiger partial charge in [0.05, 0.1) is 18.1 Å². The molecule has 0 N–H and O–H groups in total. The summed E-state index contributed by atoms with van der Waals surface area (Å²) in [5.41, 5.74) is 4.16. The summed E-state index contributed by atoms with van der Waals surface area (Å²) in [6, 6.07) is 2.49. The maximum atomic E-state index is 9.80. The van der Waals surface area contributed by atoms with E-state index in [2.05, 4.69) is 87.1 Å². The minimum atomic E-state index is -2.06. The highest BCUT2D eigenvalue weighted by atomic mass is 28.4. The van der Waals surface area contributed by atoms with Gasteiger partial charge < -0.3 is 4.43 Å². The Morgan fingerprint density at radius 3 is 1.93 bits per heavy atom. The lowest BCUT2D eigenvalue weighted by Crippen LogP contribution is -2.51. The third kappa shape index (κ3) is 7.80. The molecule has 0 aliphatic rings. The van der Waals surface area contributed by atoms with Crippen LogP contribution in [0.25, 0.3) is 0 Å². The van der Waals surface area contributed by atoms with Crippen LogP contribution in [0.4, 0.5) is 0 Å². The van der Waals surface area contributed by atoms with Crippen LogP contribution in [0, 0.1) is 17.2 Å². The summed E-state index contributed by atoms with van der Waals surface area (Å²) >= 11 is 0. The second-order valence-electron chi connectivity index (χ2n) is 8.99. The highest BCUT2D eigenvalue weighted by molar-refractivity contribution is 6.77. The maximum absolute atomic E-state index is 9.80. The van der Waals surface area contributed by atoms with Crippen LogP contribution in [-0.4, -0.2) is 14.4 Å². The Bertz CT molecular complexity index is 525. The van der Waals surface area contributed by atoms with E-state index in [1.54, 1.807) is 0 Å². The van der Waals surface area contributed by atoms with Gasteiger partial charge in [-0.3, -0.25) is 0 Å². The van der Waals surface area contributed by atoms with E-state index in [1.165, 1.54) is 11.1 Å². The van der Waals surface area contributed by atoms with E-state index in [-0.39, 0.29) is 12.0 Å². The van der Waals surface area contributed by atoms with Crippen molar-refractivity contribution in [2.75, 3.05) is 0 Å². The Kier molecular flexibility index (Phi) is 11.9. The van der Waals surface area contributed by atoms with Crippen LogP contribution in [0.5, 0.6) is 0 Å². The van der Waals surface area contributed by atoms with Gasteiger partial charge in [0.2, 0.25) is 8.32 Å². The van der Waals surface area contributed by atoms with Gasteiger partial charge in [-0.15, -0.1) is 6.58 Å². The van der Waals surface area contributed by atoms with Crippen molar-refractivity contribution in [3.05, 3.63) is 36.0 Å². The first-order valence-electron chi connectivity index (χ1n) is 10.5. The molecule has 0 heterocycles. The molecule has 154 valence electrons. The summed E-state index contributed by atoms with van der Waals surface area (Å²) in [5.74, 6) is -0.177. The summed E-state index contributed by atoms with van der Waals surface area (Å²) in [6.07, 6.45) is 8.91. The van der Waals surface area contributed by atoms with E-state index in [0.717, 1.165) is 12.8 Å². The van der Waals surface area contributed by atoms with E-state index in [0.29, 0.717) is 23.0 Å². The average Bonchev–Trinajstić information content (AvgIpc) is 2.55. The predicted molar refractivity (Wildman–Crippen MR) is 122 cm³/mol. The molecule has 0 aromatic rings. The Morgan fingerprint density at radius 2 is 1.56 bits per heavy atom. The summed E-state index contributed by atoms with van der Waals surface area (Å²) < 4.78 is 7.00. The molecule has 0 aromatic carbocycles. The van der Waals surface area contributed by atoms with Gasteiger partial charge in [0.25, 0.3) is 0 Å². The minimum Gasteiger partial charge on any atom is -0.408 e. The second kappa shape index (κ2) is 12.4. The first-order valence-corrected chi connectivity index (χ1v) is 12.7. The third-order valence-corrected chi connectivity index (χ3v) is 11.7. The van der Waals surface area contributed by atoms with Gasteiger partial charge in [-0.25, -0.2) is 0 Å². The lowest BCUT2D eigenvalue weighted by atomic mass is 9.97. The quantitative estimate of drug-likeness (QED) is 0.250. The zero-order valence-electron chi connectivity index (χ0n) is 19.3. The number of nitrogens with zero attached hydrogens (tertiary/aromatic N) is 1. The van der Waals surface area contributed by atoms with Gasteiger partial charge in [0, 0.05) is 0 Å². The Labute approximate surface area is 170 Å². The molecule has 3 heteroatoms. The number of allylic oxidation sites excluding steroid dienone is 4. The van der Waals surface area contributed by atoms with Crippen molar-refractivity contribution in [2.24, 2.45) is 5.92 Å². The molecule has 2 unspecified atom stereocenters. The van der Waals surface area contributed by atoms with E-state index in [9.17, 15) is 5.26 Å². The fraction of sp³-hybridized carbons (Fsp3) is 0.708. The first-order chi connectivity index (χ1) is 12.5. The van der Waals surface area contributed by atoms with E-state index >= 15 is 0 Å². The topological polar surface area (TPSA) is 33.0 Å². The molecule has 0 aromatic heterocycles. The lowest BCUT2D eigenvalue weighted by molar-refractivity contribution is 0.178. The minimum absolute atomic E-state index is 0.154. The van der Waals surface area contributed by atoms with E-state index < -0.39 is 8.32 Å². The van der Waals surface area contributed by atoms with Crippen molar-refractivity contribution in [3.63, 3.8) is 0 Å². The molecule has 0 spiro atoms. The molecule has 0 amide bonds. The molecular formula is C24H43NOSi. The molecule has 0 saturated heterocycles. The molecule has 0 fully saturated rings. The Morgan fingerprint density at radius 1 is 1.04 bits per heavy atom. The van der Waals surface area contributed by atoms with Crippen molar-refractivity contribution in [1.29, 1.82) is 5.26 Å². The van der Waals surface area contributed by atoms with Crippen LogP contribution in [-0.2, 0) is 4.43 Å². The van der Waals surface area contributed by atoms with Gasteiger partial charge in [-0.1, -0.05) is 70.9 Å². The van der Waals surface area contributed by atoms with Gasteiger partial charge in [0.1, 0.15) is 0 Å². The molecule has 0 aliphatic carbocycles. The summed E-state index contributed by atoms with van der Waals surface area (Å²) in [6.45, 7) is 24.1. The standard InChI is InChI=1S/C24H43NOSi/c1-11-13-23(17-25)24(16-22(10)15-12-14-18(2)3)26-27(19(4)5,20(6)7)21(8)9/h11,14,16,19-21,23-24H,1,12-13,15H2,2-10H3/b22-16+. The molecule has 0 rings (SSSR count). The summed E-state index contributed by atoms with van der Waals surface area (Å²) in [5, 5.41) is 9.80. The van der Waals surface area contributed by atoms with Crippen molar-refractivity contribution < 1.29 is 4.43 Å². The van der Waals surface area contributed by atoms with Crippen molar-refractivity contribution >= 4 is 8.32 Å². The fourth-order valence-corrected chi connectivity index (χ4v) is 9.79. The predicted octanol–water partition coefficient (Wildman–Crippen LogP) is 7.96. The van der Waals surface area contributed by atoms with Crippen LogP contribution in [0.15, 0.2) is 36.0 Å². The van der Waals surface area contributed by atoms with Crippen molar-refractivity contribution in [2.45, 2.75) is 104 Å². The number of nitriles is 1. The largest absolute Gasteiger partial charge is 0.408 e. The molecular weight excluding hydrogens is 346 g/mol. The van der Waals surface area contributed by atoms with Crippen LogP contribution in [0.2, 0.25) is 16.6 Å². The van der Waals surface area contributed by atoms with Gasteiger partial charge in [0.15, 0.2) is 0 Å². The average molecular weight is 390 g/mol. The smallest absolute Gasteiger partial charge is 0.201 e. The van der Waals surface area contributed by atoms with Crippen molar-refractivity contribution in [1.82, 2.24) is 0 Å². The Hall–Kier alpha value is -1.11. The fourth-order valence-electron chi connectivity index (χ4n) is 4.27. The zero-order valence-corrected chi connectivity index (χ0v) is 20.3. The van der Waals surface area contributed by atoms with Gasteiger partial charge in [-0.05, 0) is 56.7 Å². The van der Waals surface area contributed by atoms with E-state index in [4.69, 9.17) is 4.43 Å². The molecule has 2 atom stereocenters. The van der Waals surface area contributed by atoms with Crippen LogP contribution < -0.4 is 0 Å². The molecule has 27 heavy (non-hydrogen) atoms. The highest BCUT2D eigenvalue weighted by Crippen LogP contribution is 2.44. The van der Waals surface area contributed by atoms with Crippen LogP contribution >= 0.6 is 0 Å². The third-order valence-electron chi connectivity index (χ3n) is 5.57. The zero-order chi connectivity index (χ0) is 21.2. The number of hydrogen-bond acceptors (Lipinski definition) is 2. The lowest BCUT2D eigenvalue weighted by Gasteiger charge is -2.45. The summed E-state index contributed by atoms with van der Waals surface area (Å²) in [7, 11) is -2.06. The maximum Gasteiger partial charge on any atom is 0.201 e. The molecule has 2 nitrogen and oxygen atoms in total. The van der Waals surface area contributed by atoms with Crippen LogP contribution in [0.1, 0.15) is 81.6 Å². The molecule has 0 saturated carbocycles. The van der Waals surface area contributed by atoms with Crippen molar-refractivity contribution in [3.8, 4) is 6.07 Å². The van der Waals surface area contributed by atoms with Gasteiger partial charge >= 0.3 is 0 Å². The van der Waals surface area contributed by atoms with Gasteiger partial charge in [-0.2, -0.15) is 5.26 Å². The van der Waals surface area contributed by atoms with E-state index in [1.807, 2.05) is 6.08 Å². The molecule has 0 bridgehead atoms. The first kappa shape index (κ1) is 25.9. The SMILES string of the molecule is C=CCC(C#N)C(/C=C(\C)CCC=C(C)C)O[Si](C(C)C)(C(C)C)C(C)C. The molecule has 0 radical (unpaired) electrons. The summed E-state index contributed by atoms with van der Waals surface area (Å²) in [4.78, 5) is 0. The number of hydrogen-bond donors (Lipinski definition) is 0. The number of rotatable bonds is 12. The van der Waals surface area contributed by atoms with Crippen LogP contribution in [0.3, 0.4) is 0 Å². The normalized spacial score (nSPS) is 15.0. The second-order valence-corrected chi connectivity index (χ2v) is 14.4. The monoisotopic (exact) mass is 389 g/mol. The molecule has 0 aliphatic heterocycles. The Balaban J connectivity index is 5.87.